The van der Waals surface area contributed by atoms with E-state index in [0.717, 1.165) is 13.0 Å². The predicted molar refractivity (Wildman–Crippen MR) is 71.5 cm³/mol. The van der Waals surface area contributed by atoms with E-state index in [1.807, 2.05) is 6.07 Å². The molecule has 0 spiro atoms. The quantitative estimate of drug-likeness (QED) is 0.822. The molecule has 0 aromatic heterocycles. The fraction of sp³-hybridized carbons (Fsp3) is 0.600. The highest BCUT2D eigenvalue weighted by molar-refractivity contribution is 5.42. The number of phenolic OH excluding ortho intramolecular Hbond substituents is 1. The normalized spacial score (nSPS) is 20.1. The van der Waals surface area contributed by atoms with Crippen LogP contribution in [0, 0.1) is 0 Å². The fourth-order valence-electron chi connectivity index (χ4n) is 2.57. The van der Waals surface area contributed by atoms with Crippen molar-refractivity contribution >= 4 is 0 Å². The van der Waals surface area contributed by atoms with Gasteiger partial charge in [-0.2, -0.15) is 0 Å². The van der Waals surface area contributed by atoms with Crippen LogP contribution in [0.3, 0.4) is 0 Å². The maximum Gasteiger partial charge on any atom is 0.119 e. The zero-order valence-corrected chi connectivity index (χ0v) is 11.1. The smallest absolute Gasteiger partial charge is 0.119 e. The Bertz CT molecular complexity index is 392. The Hall–Kier alpha value is -1.02. The number of nitrogens with one attached hydrogen (secondary N) is 1. The molecule has 0 fully saturated rings. The van der Waals surface area contributed by atoms with Gasteiger partial charge in [0.1, 0.15) is 5.75 Å². The molecule has 0 aliphatic heterocycles. The van der Waals surface area contributed by atoms with Crippen molar-refractivity contribution in [2.24, 2.45) is 0 Å². The van der Waals surface area contributed by atoms with Crippen LogP contribution in [0.5, 0.6) is 5.75 Å². The van der Waals surface area contributed by atoms with Crippen LogP contribution in [0.25, 0.3) is 0 Å². The molecule has 1 aliphatic carbocycles. The number of phenols is 1. The van der Waals surface area contributed by atoms with Crippen molar-refractivity contribution in [3.63, 3.8) is 0 Å². The average Bonchev–Trinajstić information content (AvgIpc) is 2.26. The first-order valence-electron chi connectivity index (χ1n) is 6.53. The van der Waals surface area contributed by atoms with E-state index in [4.69, 9.17) is 0 Å². The highest BCUT2D eigenvalue weighted by Gasteiger charge is 2.23. The van der Waals surface area contributed by atoms with E-state index in [9.17, 15) is 5.11 Å². The van der Waals surface area contributed by atoms with E-state index in [-0.39, 0.29) is 5.54 Å². The molecule has 2 nitrogen and oxygen atoms in total. The average molecular weight is 233 g/mol. The minimum Gasteiger partial charge on any atom is -0.508 e. The summed E-state index contributed by atoms with van der Waals surface area (Å²) in [7, 11) is 0. The molecule has 0 bridgehead atoms. The lowest BCUT2D eigenvalue weighted by atomic mass is 9.82. The van der Waals surface area contributed by atoms with Gasteiger partial charge in [-0.15, -0.1) is 0 Å². The van der Waals surface area contributed by atoms with Crippen molar-refractivity contribution in [3.8, 4) is 5.75 Å². The monoisotopic (exact) mass is 233 g/mol. The molecule has 1 aromatic carbocycles. The Morgan fingerprint density at radius 1 is 1.35 bits per heavy atom. The molecule has 1 unspecified atom stereocenters. The first kappa shape index (κ1) is 12.4. The standard InChI is InChI=1S/C15H23NO/c1-15(2,3)16-10-11-6-4-8-13-12(11)7-5-9-14(13)17/h5,7,9,11,16-17H,4,6,8,10H2,1-3H3. The summed E-state index contributed by atoms with van der Waals surface area (Å²) in [5, 5.41) is 13.5. The van der Waals surface area contributed by atoms with E-state index in [2.05, 4.69) is 32.2 Å². The third-order valence-electron chi connectivity index (χ3n) is 3.49. The third kappa shape index (κ3) is 3.01. The van der Waals surface area contributed by atoms with E-state index in [0.29, 0.717) is 11.7 Å². The minimum atomic E-state index is 0.161. The summed E-state index contributed by atoms with van der Waals surface area (Å²) in [6, 6.07) is 5.94. The van der Waals surface area contributed by atoms with E-state index >= 15 is 0 Å². The maximum atomic E-state index is 9.88. The zero-order chi connectivity index (χ0) is 12.5. The second-order valence-corrected chi connectivity index (χ2v) is 6.06. The number of aromatic hydroxyl groups is 1. The Kier molecular flexibility index (Phi) is 3.43. The second kappa shape index (κ2) is 4.69. The van der Waals surface area contributed by atoms with Gasteiger partial charge in [-0.05, 0) is 63.1 Å². The lowest BCUT2D eigenvalue weighted by molar-refractivity contribution is 0.386. The molecule has 1 aromatic rings. The largest absolute Gasteiger partial charge is 0.508 e. The van der Waals surface area contributed by atoms with Crippen LogP contribution >= 0.6 is 0 Å². The Morgan fingerprint density at radius 3 is 2.82 bits per heavy atom. The van der Waals surface area contributed by atoms with Gasteiger partial charge in [-0.1, -0.05) is 12.1 Å². The van der Waals surface area contributed by atoms with Crippen molar-refractivity contribution in [3.05, 3.63) is 29.3 Å². The van der Waals surface area contributed by atoms with Crippen molar-refractivity contribution in [2.45, 2.75) is 51.5 Å². The van der Waals surface area contributed by atoms with Crippen LogP contribution in [0.15, 0.2) is 18.2 Å². The van der Waals surface area contributed by atoms with Gasteiger partial charge < -0.3 is 10.4 Å². The predicted octanol–water partition coefficient (Wildman–Crippen LogP) is 3.20. The summed E-state index contributed by atoms with van der Waals surface area (Å²) in [6.07, 6.45) is 3.43. The molecule has 0 heterocycles. The molecule has 2 heteroatoms. The van der Waals surface area contributed by atoms with Crippen LogP contribution in [0.1, 0.15) is 50.7 Å². The molecule has 1 atom stereocenters. The molecule has 0 radical (unpaired) electrons. The molecule has 2 rings (SSSR count). The number of hydrogen-bond donors (Lipinski definition) is 2. The fourth-order valence-corrected chi connectivity index (χ4v) is 2.57. The van der Waals surface area contributed by atoms with E-state index in [1.54, 1.807) is 6.07 Å². The van der Waals surface area contributed by atoms with Crippen LogP contribution < -0.4 is 5.32 Å². The summed E-state index contributed by atoms with van der Waals surface area (Å²) >= 11 is 0. The SMILES string of the molecule is CC(C)(C)NCC1CCCc2c(O)cccc21. The van der Waals surface area contributed by atoms with Gasteiger partial charge >= 0.3 is 0 Å². The summed E-state index contributed by atoms with van der Waals surface area (Å²) < 4.78 is 0. The Balaban J connectivity index is 2.15. The number of rotatable bonds is 2. The first-order chi connectivity index (χ1) is 7.97. The summed E-state index contributed by atoms with van der Waals surface area (Å²) in [4.78, 5) is 0. The lowest BCUT2D eigenvalue weighted by Crippen LogP contribution is -2.39. The third-order valence-corrected chi connectivity index (χ3v) is 3.49. The molecule has 94 valence electrons. The van der Waals surface area contributed by atoms with Crippen LogP contribution in [-0.2, 0) is 6.42 Å². The zero-order valence-electron chi connectivity index (χ0n) is 11.1. The Labute approximate surface area is 104 Å². The van der Waals surface area contributed by atoms with E-state index in [1.165, 1.54) is 24.0 Å². The van der Waals surface area contributed by atoms with Gasteiger partial charge in [0.15, 0.2) is 0 Å². The van der Waals surface area contributed by atoms with Gasteiger partial charge in [-0.25, -0.2) is 0 Å². The highest BCUT2D eigenvalue weighted by Crippen LogP contribution is 2.35. The van der Waals surface area contributed by atoms with Crippen LogP contribution in [0.2, 0.25) is 0 Å². The summed E-state index contributed by atoms with van der Waals surface area (Å²) in [6.45, 7) is 7.58. The van der Waals surface area contributed by atoms with Crippen LogP contribution in [0.4, 0.5) is 0 Å². The minimum absolute atomic E-state index is 0.161. The summed E-state index contributed by atoms with van der Waals surface area (Å²) in [5.41, 5.74) is 2.67. The molecule has 0 amide bonds. The highest BCUT2D eigenvalue weighted by atomic mass is 16.3. The first-order valence-corrected chi connectivity index (χ1v) is 6.53. The number of fused-ring (bicyclic) bond motifs is 1. The Morgan fingerprint density at radius 2 is 2.12 bits per heavy atom. The van der Waals surface area contributed by atoms with Crippen molar-refractivity contribution in [1.29, 1.82) is 0 Å². The van der Waals surface area contributed by atoms with Crippen molar-refractivity contribution in [2.75, 3.05) is 6.54 Å². The number of hydrogen-bond acceptors (Lipinski definition) is 2. The molecule has 0 saturated carbocycles. The van der Waals surface area contributed by atoms with Gasteiger partial charge in [0.05, 0.1) is 0 Å². The number of benzene rings is 1. The van der Waals surface area contributed by atoms with E-state index < -0.39 is 0 Å². The topological polar surface area (TPSA) is 32.3 Å². The molecule has 0 saturated heterocycles. The van der Waals surface area contributed by atoms with Gasteiger partial charge in [0.25, 0.3) is 0 Å². The van der Waals surface area contributed by atoms with Crippen molar-refractivity contribution in [1.82, 2.24) is 5.32 Å². The maximum absolute atomic E-state index is 9.88. The second-order valence-electron chi connectivity index (χ2n) is 6.06. The van der Waals surface area contributed by atoms with Crippen molar-refractivity contribution < 1.29 is 5.11 Å². The molecule has 2 N–H and O–H groups in total. The van der Waals surface area contributed by atoms with Gasteiger partial charge in [-0.3, -0.25) is 0 Å². The summed E-state index contributed by atoms with van der Waals surface area (Å²) in [5.74, 6) is 1.02. The van der Waals surface area contributed by atoms with Crippen LogP contribution in [-0.4, -0.2) is 17.2 Å². The van der Waals surface area contributed by atoms with Gasteiger partial charge in [0.2, 0.25) is 0 Å². The molecular formula is C15H23NO. The molecule has 1 aliphatic rings. The molecule has 17 heavy (non-hydrogen) atoms. The lowest BCUT2D eigenvalue weighted by Gasteiger charge is -2.30. The van der Waals surface area contributed by atoms with Gasteiger partial charge in [0, 0.05) is 12.1 Å². The molecular weight excluding hydrogens is 210 g/mol.